The van der Waals surface area contributed by atoms with E-state index >= 15 is 0 Å². The molecular weight excluding hydrogens is 396 g/mol. The Morgan fingerprint density at radius 2 is 1.63 bits per heavy atom. The van der Waals surface area contributed by atoms with E-state index in [9.17, 15) is 4.79 Å². The highest BCUT2D eigenvalue weighted by Crippen LogP contribution is 2.30. The standard InChI is InChI=1S/C24H22N2O3S/c1-2-15-28-20-8-4-5-9-21(20)29-16-23(27)25-18-13-11-17(12-14-18)24-26-19-7-3-6-10-22(19)30-24/h3-14H,2,15-16H2,1H3,(H,25,27). The predicted octanol–water partition coefficient (Wildman–Crippen LogP) is 5.77. The van der Waals surface area contributed by atoms with E-state index in [1.165, 1.54) is 0 Å². The summed E-state index contributed by atoms with van der Waals surface area (Å²) in [6.07, 6.45) is 0.905. The fraction of sp³-hybridized carbons (Fsp3) is 0.167. The lowest BCUT2D eigenvalue weighted by molar-refractivity contribution is -0.118. The highest BCUT2D eigenvalue weighted by Gasteiger charge is 2.09. The molecule has 1 N–H and O–H groups in total. The van der Waals surface area contributed by atoms with Crippen LogP contribution in [0.5, 0.6) is 11.5 Å². The molecule has 0 radical (unpaired) electrons. The molecule has 0 fully saturated rings. The number of hydrogen-bond acceptors (Lipinski definition) is 5. The van der Waals surface area contributed by atoms with Gasteiger partial charge in [-0.1, -0.05) is 31.2 Å². The van der Waals surface area contributed by atoms with Gasteiger partial charge in [-0.2, -0.15) is 0 Å². The summed E-state index contributed by atoms with van der Waals surface area (Å²) in [6, 6.07) is 23.1. The Morgan fingerprint density at radius 3 is 2.37 bits per heavy atom. The van der Waals surface area contributed by atoms with Gasteiger partial charge in [0.25, 0.3) is 5.91 Å². The smallest absolute Gasteiger partial charge is 0.262 e. The van der Waals surface area contributed by atoms with Crippen molar-refractivity contribution in [1.29, 1.82) is 0 Å². The highest BCUT2D eigenvalue weighted by molar-refractivity contribution is 7.21. The minimum Gasteiger partial charge on any atom is -0.490 e. The van der Waals surface area contributed by atoms with Gasteiger partial charge in [-0.15, -0.1) is 11.3 Å². The van der Waals surface area contributed by atoms with E-state index in [4.69, 9.17) is 9.47 Å². The molecule has 0 spiro atoms. The van der Waals surface area contributed by atoms with Gasteiger partial charge >= 0.3 is 0 Å². The normalized spacial score (nSPS) is 10.7. The van der Waals surface area contributed by atoms with E-state index in [-0.39, 0.29) is 12.5 Å². The molecule has 4 aromatic rings. The Bertz CT molecular complexity index is 1110. The molecule has 0 atom stereocenters. The van der Waals surface area contributed by atoms with Crippen LogP contribution < -0.4 is 14.8 Å². The lowest BCUT2D eigenvalue weighted by Crippen LogP contribution is -2.20. The fourth-order valence-electron chi connectivity index (χ4n) is 2.93. The van der Waals surface area contributed by atoms with Crippen LogP contribution in [-0.4, -0.2) is 24.1 Å². The van der Waals surface area contributed by atoms with Crippen LogP contribution in [0.15, 0.2) is 72.8 Å². The third-order valence-corrected chi connectivity index (χ3v) is 5.46. The Kier molecular flexibility index (Phi) is 6.25. The fourth-order valence-corrected chi connectivity index (χ4v) is 3.90. The molecule has 6 heteroatoms. The summed E-state index contributed by atoms with van der Waals surface area (Å²) in [6.45, 7) is 2.55. The predicted molar refractivity (Wildman–Crippen MR) is 121 cm³/mol. The molecule has 0 aliphatic rings. The Balaban J connectivity index is 1.36. The van der Waals surface area contributed by atoms with Crippen LogP contribution in [0.1, 0.15) is 13.3 Å². The summed E-state index contributed by atoms with van der Waals surface area (Å²) < 4.78 is 12.5. The number of amides is 1. The van der Waals surface area contributed by atoms with Gasteiger partial charge in [-0.25, -0.2) is 4.98 Å². The Labute approximate surface area is 179 Å². The number of fused-ring (bicyclic) bond motifs is 1. The van der Waals surface area contributed by atoms with Gasteiger partial charge < -0.3 is 14.8 Å². The number of hydrogen-bond donors (Lipinski definition) is 1. The summed E-state index contributed by atoms with van der Waals surface area (Å²) in [4.78, 5) is 17.0. The molecule has 0 aliphatic heterocycles. The zero-order valence-electron chi connectivity index (χ0n) is 16.6. The minimum absolute atomic E-state index is 0.0912. The van der Waals surface area contributed by atoms with E-state index in [0.717, 1.165) is 27.2 Å². The van der Waals surface area contributed by atoms with Gasteiger partial charge in [0, 0.05) is 11.3 Å². The first-order valence-electron chi connectivity index (χ1n) is 9.83. The number of thiazole rings is 1. The largest absolute Gasteiger partial charge is 0.490 e. The lowest BCUT2D eigenvalue weighted by Gasteiger charge is -2.12. The molecule has 4 rings (SSSR count). The number of carbonyl (C=O) groups excluding carboxylic acids is 1. The average molecular weight is 419 g/mol. The van der Waals surface area contributed by atoms with E-state index in [0.29, 0.717) is 23.8 Å². The second kappa shape index (κ2) is 9.41. The van der Waals surface area contributed by atoms with Crippen LogP contribution in [0.2, 0.25) is 0 Å². The molecule has 5 nitrogen and oxygen atoms in total. The first-order valence-corrected chi connectivity index (χ1v) is 10.6. The van der Waals surface area contributed by atoms with Gasteiger partial charge in [0.15, 0.2) is 18.1 Å². The third-order valence-electron chi connectivity index (χ3n) is 4.38. The monoisotopic (exact) mass is 418 g/mol. The van der Waals surface area contributed by atoms with Crippen LogP contribution in [0.4, 0.5) is 5.69 Å². The van der Waals surface area contributed by atoms with Gasteiger partial charge in [0.05, 0.1) is 16.8 Å². The van der Waals surface area contributed by atoms with Crippen molar-refractivity contribution in [3.05, 3.63) is 72.8 Å². The molecule has 1 amide bonds. The molecule has 0 unspecified atom stereocenters. The van der Waals surface area contributed by atoms with Crippen molar-refractivity contribution in [2.24, 2.45) is 0 Å². The molecule has 30 heavy (non-hydrogen) atoms. The molecule has 152 valence electrons. The maximum atomic E-state index is 12.3. The maximum Gasteiger partial charge on any atom is 0.262 e. The molecule has 0 saturated carbocycles. The zero-order valence-corrected chi connectivity index (χ0v) is 17.4. The number of benzene rings is 3. The van der Waals surface area contributed by atoms with Crippen molar-refractivity contribution < 1.29 is 14.3 Å². The molecule has 1 aromatic heterocycles. The molecular formula is C24H22N2O3S. The summed E-state index contributed by atoms with van der Waals surface area (Å²) in [5.74, 6) is 0.979. The molecule has 0 saturated heterocycles. The van der Waals surface area contributed by atoms with Crippen LogP contribution >= 0.6 is 11.3 Å². The van der Waals surface area contributed by atoms with Gasteiger partial charge in [-0.3, -0.25) is 4.79 Å². The summed E-state index contributed by atoms with van der Waals surface area (Å²) in [7, 11) is 0. The quantitative estimate of drug-likeness (QED) is 0.395. The van der Waals surface area contributed by atoms with Crippen molar-refractivity contribution in [2.75, 3.05) is 18.5 Å². The number of nitrogens with one attached hydrogen (secondary N) is 1. The molecule has 1 heterocycles. The number of carbonyl (C=O) groups is 1. The van der Waals surface area contributed by atoms with E-state index in [1.807, 2.05) is 67.6 Å². The topological polar surface area (TPSA) is 60.5 Å². The third kappa shape index (κ3) is 4.78. The number of anilines is 1. The first-order chi connectivity index (χ1) is 14.7. The van der Waals surface area contributed by atoms with Gasteiger partial charge in [0.2, 0.25) is 0 Å². The van der Waals surface area contributed by atoms with Crippen molar-refractivity contribution in [3.8, 4) is 22.1 Å². The van der Waals surface area contributed by atoms with Crippen molar-refractivity contribution in [1.82, 2.24) is 4.98 Å². The average Bonchev–Trinajstić information content (AvgIpc) is 3.21. The molecule has 0 aliphatic carbocycles. The molecule has 0 bridgehead atoms. The van der Waals surface area contributed by atoms with Gasteiger partial charge in [0.1, 0.15) is 5.01 Å². The number of nitrogens with zero attached hydrogens (tertiary/aromatic N) is 1. The number of para-hydroxylation sites is 3. The lowest BCUT2D eigenvalue weighted by atomic mass is 10.2. The van der Waals surface area contributed by atoms with Crippen molar-refractivity contribution >= 4 is 33.1 Å². The maximum absolute atomic E-state index is 12.3. The zero-order chi connectivity index (χ0) is 20.8. The number of ether oxygens (including phenoxy) is 2. The van der Waals surface area contributed by atoms with E-state index < -0.39 is 0 Å². The highest BCUT2D eigenvalue weighted by atomic mass is 32.1. The minimum atomic E-state index is -0.229. The van der Waals surface area contributed by atoms with E-state index in [2.05, 4.69) is 16.4 Å². The first kappa shape index (κ1) is 19.9. The van der Waals surface area contributed by atoms with Crippen LogP contribution in [0.25, 0.3) is 20.8 Å². The Hall–Kier alpha value is -3.38. The number of rotatable bonds is 8. The van der Waals surface area contributed by atoms with Crippen molar-refractivity contribution in [2.45, 2.75) is 13.3 Å². The van der Waals surface area contributed by atoms with Crippen molar-refractivity contribution in [3.63, 3.8) is 0 Å². The molecule has 3 aromatic carbocycles. The SMILES string of the molecule is CCCOc1ccccc1OCC(=O)Nc1ccc(-c2nc3ccccc3s2)cc1. The number of aromatic nitrogens is 1. The second-order valence-electron chi connectivity index (χ2n) is 6.70. The Morgan fingerprint density at radius 1 is 0.933 bits per heavy atom. The van der Waals surface area contributed by atoms with E-state index in [1.54, 1.807) is 17.4 Å². The summed E-state index contributed by atoms with van der Waals surface area (Å²) >= 11 is 1.65. The van der Waals surface area contributed by atoms with Crippen LogP contribution in [-0.2, 0) is 4.79 Å². The van der Waals surface area contributed by atoms with Crippen LogP contribution in [0.3, 0.4) is 0 Å². The van der Waals surface area contributed by atoms with Crippen LogP contribution in [0, 0.1) is 0 Å². The summed E-state index contributed by atoms with van der Waals surface area (Å²) in [5, 5.41) is 3.82. The second-order valence-corrected chi connectivity index (χ2v) is 7.73. The van der Waals surface area contributed by atoms with Gasteiger partial charge in [-0.05, 0) is 55.0 Å². The summed E-state index contributed by atoms with van der Waals surface area (Å²) in [5.41, 5.74) is 2.73.